The molecule has 1 aromatic rings. The first-order valence-electron chi connectivity index (χ1n) is 5.00. The summed E-state index contributed by atoms with van der Waals surface area (Å²) in [5, 5.41) is 3.43. The van der Waals surface area contributed by atoms with E-state index in [4.69, 9.17) is 5.73 Å². The Morgan fingerprint density at radius 3 is 2.71 bits per heavy atom. The molecule has 0 spiro atoms. The molecular weight excluding hydrogens is 240 g/mol. The van der Waals surface area contributed by atoms with E-state index in [0.717, 1.165) is 17.6 Å². The highest BCUT2D eigenvalue weighted by Crippen LogP contribution is 2.40. The number of nitrogens with two attached hydrogens (primary N) is 1. The second kappa shape index (κ2) is 4.43. The van der Waals surface area contributed by atoms with E-state index in [9.17, 15) is 0 Å². The number of hydrogen-bond donors (Lipinski definition) is 2. The van der Waals surface area contributed by atoms with Crippen LogP contribution >= 0.6 is 15.9 Å². The Hall–Kier alpha value is -0.380. The van der Waals surface area contributed by atoms with Crippen LogP contribution in [0, 0.1) is 0 Å². The number of halogens is 1. The first kappa shape index (κ1) is 10.1. The lowest BCUT2D eigenvalue weighted by Gasteiger charge is -2.02. The lowest BCUT2D eigenvalue weighted by Crippen LogP contribution is -2.25. The molecule has 0 aromatic heterocycles. The molecule has 1 aromatic carbocycles. The Kier molecular flexibility index (Phi) is 3.21. The van der Waals surface area contributed by atoms with Crippen LogP contribution in [0.1, 0.15) is 17.9 Å². The van der Waals surface area contributed by atoms with E-state index in [0.29, 0.717) is 12.0 Å². The Balaban J connectivity index is 1.89. The number of rotatable bonds is 4. The molecule has 1 aliphatic carbocycles. The number of benzene rings is 1. The SMILES string of the molecule is NCCNC1CC1c1ccc(Br)cc1. The van der Waals surface area contributed by atoms with Gasteiger partial charge in [0.1, 0.15) is 0 Å². The lowest BCUT2D eigenvalue weighted by atomic mass is 10.1. The molecule has 0 heterocycles. The van der Waals surface area contributed by atoms with Crippen LogP contribution < -0.4 is 11.1 Å². The molecule has 2 unspecified atom stereocenters. The van der Waals surface area contributed by atoms with Gasteiger partial charge in [-0.3, -0.25) is 0 Å². The number of hydrogen-bond acceptors (Lipinski definition) is 2. The monoisotopic (exact) mass is 254 g/mol. The maximum atomic E-state index is 5.44. The molecule has 76 valence electrons. The van der Waals surface area contributed by atoms with Gasteiger partial charge in [0.15, 0.2) is 0 Å². The predicted octanol–water partition coefficient (Wildman–Crippen LogP) is 1.85. The summed E-state index contributed by atoms with van der Waals surface area (Å²) in [5.74, 6) is 0.703. The van der Waals surface area contributed by atoms with Gasteiger partial charge in [-0.2, -0.15) is 0 Å². The van der Waals surface area contributed by atoms with Gasteiger partial charge in [-0.25, -0.2) is 0 Å². The van der Waals surface area contributed by atoms with E-state index in [1.54, 1.807) is 0 Å². The molecule has 0 aliphatic heterocycles. The predicted molar refractivity (Wildman–Crippen MR) is 62.3 cm³/mol. The van der Waals surface area contributed by atoms with E-state index in [-0.39, 0.29) is 0 Å². The molecule has 3 heteroatoms. The molecule has 2 nitrogen and oxygen atoms in total. The fourth-order valence-corrected chi connectivity index (χ4v) is 2.03. The zero-order valence-corrected chi connectivity index (χ0v) is 9.63. The first-order valence-corrected chi connectivity index (χ1v) is 5.79. The van der Waals surface area contributed by atoms with Crippen LogP contribution in [0.5, 0.6) is 0 Å². The van der Waals surface area contributed by atoms with Crippen molar-refractivity contribution in [3.8, 4) is 0 Å². The average molecular weight is 255 g/mol. The summed E-state index contributed by atoms with van der Waals surface area (Å²) in [5.41, 5.74) is 6.87. The Bertz CT molecular complexity index is 297. The maximum absolute atomic E-state index is 5.44. The highest BCUT2D eigenvalue weighted by molar-refractivity contribution is 9.10. The van der Waals surface area contributed by atoms with Crippen molar-refractivity contribution in [2.75, 3.05) is 13.1 Å². The summed E-state index contributed by atoms with van der Waals surface area (Å²) < 4.78 is 1.15. The summed E-state index contributed by atoms with van der Waals surface area (Å²) >= 11 is 3.44. The molecule has 14 heavy (non-hydrogen) atoms. The third-order valence-corrected chi connectivity index (χ3v) is 3.17. The normalized spacial score (nSPS) is 25.0. The molecule has 0 saturated heterocycles. The quantitative estimate of drug-likeness (QED) is 0.861. The van der Waals surface area contributed by atoms with Gasteiger partial charge in [0.05, 0.1) is 0 Å². The van der Waals surface area contributed by atoms with Gasteiger partial charge in [-0.05, 0) is 24.1 Å². The van der Waals surface area contributed by atoms with Gasteiger partial charge < -0.3 is 11.1 Å². The first-order chi connectivity index (χ1) is 6.81. The topological polar surface area (TPSA) is 38.0 Å². The van der Waals surface area contributed by atoms with Crippen molar-refractivity contribution < 1.29 is 0 Å². The lowest BCUT2D eigenvalue weighted by molar-refractivity contribution is 0.676. The van der Waals surface area contributed by atoms with Gasteiger partial charge in [0, 0.05) is 29.5 Å². The third kappa shape index (κ3) is 2.35. The van der Waals surface area contributed by atoms with Crippen molar-refractivity contribution >= 4 is 15.9 Å². The van der Waals surface area contributed by atoms with E-state index < -0.39 is 0 Å². The molecule has 1 fully saturated rings. The average Bonchev–Trinajstić information content (AvgIpc) is 2.95. The van der Waals surface area contributed by atoms with E-state index in [1.807, 2.05) is 0 Å². The Labute approximate surface area is 93.0 Å². The van der Waals surface area contributed by atoms with Crippen LogP contribution in [0.2, 0.25) is 0 Å². The maximum Gasteiger partial charge on any atom is 0.0175 e. The fourth-order valence-electron chi connectivity index (χ4n) is 1.77. The van der Waals surface area contributed by atoms with Gasteiger partial charge in [-0.15, -0.1) is 0 Å². The molecule has 0 bridgehead atoms. The third-order valence-electron chi connectivity index (χ3n) is 2.64. The van der Waals surface area contributed by atoms with Crippen LogP contribution in [0.25, 0.3) is 0 Å². The summed E-state index contributed by atoms with van der Waals surface area (Å²) in [7, 11) is 0. The van der Waals surface area contributed by atoms with Gasteiger partial charge in [-0.1, -0.05) is 28.1 Å². The van der Waals surface area contributed by atoms with Crippen LogP contribution in [-0.2, 0) is 0 Å². The Morgan fingerprint density at radius 2 is 2.07 bits per heavy atom. The summed E-state index contributed by atoms with van der Waals surface area (Å²) in [6.07, 6.45) is 1.25. The van der Waals surface area contributed by atoms with Crippen molar-refractivity contribution in [1.29, 1.82) is 0 Å². The second-order valence-corrected chi connectivity index (χ2v) is 4.66. The largest absolute Gasteiger partial charge is 0.329 e. The number of nitrogens with one attached hydrogen (secondary N) is 1. The van der Waals surface area contributed by atoms with Crippen molar-refractivity contribution in [1.82, 2.24) is 5.32 Å². The molecule has 3 N–H and O–H groups in total. The van der Waals surface area contributed by atoms with Crippen LogP contribution in [0.3, 0.4) is 0 Å². The van der Waals surface area contributed by atoms with E-state index in [1.165, 1.54) is 12.0 Å². The van der Waals surface area contributed by atoms with Crippen molar-refractivity contribution in [2.45, 2.75) is 18.4 Å². The summed E-state index contributed by atoms with van der Waals surface area (Å²) in [6, 6.07) is 9.25. The van der Waals surface area contributed by atoms with Crippen molar-refractivity contribution in [2.24, 2.45) is 5.73 Å². The molecule has 2 rings (SSSR count). The van der Waals surface area contributed by atoms with Gasteiger partial charge in [0.25, 0.3) is 0 Å². The molecular formula is C11H15BrN2. The van der Waals surface area contributed by atoms with Crippen molar-refractivity contribution in [3.63, 3.8) is 0 Å². The highest BCUT2D eigenvalue weighted by Gasteiger charge is 2.37. The molecule has 1 saturated carbocycles. The summed E-state index contributed by atoms with van der Waals surface area (Å²) in [4.78, 5) is 0. The van der Waals surface area contributed by atoms with Gasteiger partial charge in [0.2, 0.25) is 0 Å². The van der Waals surface area contributed by atoms with Crippen LogP contribution in [0.15, 0.2) is 28.7 Å². The minimum Gasteiger partial charge on any atom is -0.329 e. The molecule has 0 amide bonds. The summed E-state index contributed by atoms with van der Waals surface area (Å²) in [6.45, 7) is 1.65. The minimum atomic E-state index is 0.653. The standard InChI is InChI=1S/C11H15BrN2/c12-9-3-1-8(2-4-9)10-7-11(10)14-6-5-13/h1-4,10-11,14H,5-7,13H2. The Morgan fingerprint density at radius 1 is 1.36 bits per heavy atom. The van der Waals surface area contributed by atoms with Gasteiger partial charge >= 0.3 is 0 Å². The second-order valence-electron chi connectivity index (χ2n) is 3.74. The van der Waals surface area contributed by atoms with E-state index >= 15 is 0 Å². The zero-order chi connectivity index (χ0) is 9.97. The highest BCUT2D eigenvalue weighted by atomic mass is 79.9. The molecule has 2 atom stereocenters. The molecule has 0 radical (unpaired) electrons. The minimum absolute atomic E-state index is 0.653. The smallest absolute Gasteiger partial charge is 0.0175 e. The zero-order valence-electron chi connectivity index (χ0n) is 8.04. The van der Waals surface area contributed by atoms with Crippen molar-refractivity contribution in [3.05, 3.63) is 34.3 Å². The fraction of sp³-hybridized carbons (Fsp3) is 0.455. The van der Waals surface area contributed by atoms with E-state index in [2.05, 4.69) is 45.5 Å². The van der Waals surface area contributed by atoms with Crippen LogP contribution in [-0.4, -0.2) is 19.1 Å². The van der Waals surface area contributed by atoms with Crippen LogP contribution in [0.4, 0.5) is 0 Å². The molecule has 1 aliphatic rings.